The quantitative estimate of drug-likeness (QED) is 0.0417. The molecule has 0 aromatic heterocycles. The van der Waals surface area contributed by atoms with Gasteiger partial charge in [0.2, 0.25) is 5.91 Å². The van der Waals surface area contributed by atoms with E-state index in [-0.39, 0.29) is 18.5 Å². The molecule has 0 spiro atoms. The van der Waals surface area contributed by atoms with Gasteiger partial charge in [0, 0.05) is 12.8 Å². The maximum absolute atomic E-state index is 12.6. The molecule has 77 heavy (non-hydrogen) atoms. The molecule has 0 bridgehead atoms. The number of hydrogen-bond donors (Lipinski definition) is 3. The van der Waals surface area contributed by atoms with Gasteiger partial charge in [-0.15, -0.1) is 0 Å². The van der Waals surface area contributed by atoms with Crippen LogP contribution in [0.15, 0.2) is 0 Å². The van der Waals surface area contributed by atoms with Crippen molar-refractivity contribution in [3.63, 3.8) is 0 Å². The summed E-state index contributed by atoms with van der Waals surface area (Å²) in [6, 6.07) is -0.540. The predicted octanol–water partition coefficient (Wildman–Crippen LogP) is 23.0. The molecule has 0 aromatic carbocycles. The van der Waals surface area contributed by atoms with Gasteiger partial charge in [-0.05, 0) is 25.7 Å². The summed E-state index contributed by atoms with van der Waals surface area (Å²) in [4.78, 5) is 24.6. The van der Waals surface area contributed by atoms with E-state index in [0.717, 1.165) is 38.5 Å². The van der Waals surface area contributed by atoms with Crippen LogP contribution in [0.4, 0.5) is 0 Å². The summed E-state index contributed by atoms with van der Waals surface area (Å²) in [5.41, 5.74) is 0. The van der Waals surface area contributed by atoms with Gasteiger partial charge in [-0.3, -0.25) is 9.59 Å². The minimum absolute atomic E-state index is 0.0183. The highest BCUT2D eigenvalue weighted by Gasteiger charge is 2.20. The first-order valence-electron chi connectivity index (χ1n) is 35.8. The Balaban J connectivity index is 3.35. The van der Waals surface area contributed by atoms with Crippen molar-refractivity contribution in [1.29, 1.82) is 0 Å². The fourth-order valence-electron chi connectivity index (χ4n) is 11.7. The van der Waals surface area contributed by atoms with Gasteiger partial charge in [0.15, 0.2) is 0 Å². The Hall–Kier alpha value is -1.14. The third-order valence-electron chi connectivity index (χ3n) is 17.2. The Morgan fingerprint density at radius 3 is 0.792 bits per heavy atom. The minimum Gasteiger partial charge on any atom is -0.466 e. The van der Waals surface area contributed by atoms with Crippen molar-refractivity contribution in [2.24, 2.45) is 0 Å². The lowest BCUT2D eigenvalue weighted by molar-refractivity contribution is -0.143. The molecule has 0 radical (unpaired) electrons. The van der Waals surface area contributed by atoms with Gasteiger partial charge >= 0.3 is 5.97 Å². The summed E-state index contributed by atoms with van der Waals surface area (Å²) in [6.07, 6.45) is 81.6. The van der Waals surface area contributed by atoms with Crippen LogP contribution in [-0.2, 0) is 14.3 Å². The van der Waals surface area contributed by atoms with Crippen LogP contribution in [-0.4, -0.2) is 47.4 Å². The minimum atomic E-state index is -0.663. The molecule has 460 valence electrons. The van der Waals surface area contributed by atoms with Crippen LogP contribution in [0.2, 0.25) is 0 Å². The number of carbonyl (C=O) groups is 2. The zero-order chi connectivity index (χ0) is 55.7. The van der Waals surface area contributed by atoms with Crippen LogP contribution in [0.25, 0.3) is 0 Å². The number of nitrogens with one attached hydrogen (secondary N) is 1. The fourth-order valence-corrected chi connectivity index (χ4v) is 11.7. The highest BCUT2D eigenvalue weighted by atomic mass is 16.5. The molecule has 0 fully saturated rings. The van der Waals surface area contributed by atoms with E-state index in [1.54, 1.807) is 0 Å². The van der Waals surface area contributed by atoms with Crippen molar-refractivity contribution >= 4 is 11.9 Å². The third kappa shape index (κ3) is 63.9. The van der Waals surface area contributed by atoms with Gasteiger partial charge in [-0.1, -0.05) is 380 Å². The molecule has 0 saturated heterocycles. The van der Waals surface area contributed by atoms with Gasteiger partial charge in [0.05, 0.1) is 25.4 Å². The van der Waals surface area contributed by atoms with Gasteiger partial charge < -0.3 is 20.3 Å². The summed E-state index contributed by atoms with van der Waals surface area (Å²) in [7, 11) is 0. The van der Waals surface area contributed by atoms with Crippen molar-refractivity contribution in [2.75, 3.05) is 13.2 Å². The Bertz CT molecular complexity index is 1120. The average Bonchev–Trinajstić information content (AvgIpc) is 3.43. The molecular formula is C71H141NO5. The molecule has 1 amide bonds. The molecule has 3 N–H and O–H groups in total. The standard InChI is InChI=1S/C71H141NO5/c1-3-5-7-9-11-13-15-16-17-18-19-20-25-28-31-34-37-40-44-47-51-55-59-63-69(74)68(67-73)72-70(75)64-60-56-52-48-45-41-38-35-32-29-26-23-21-22-24-27-30-33-36-39-42-46-50-54-58-62-66-77-71(76)65-61-57-53-49-43-14-12-10-8-6-4-2/h68-69,73-74H,3-67H2,1-2H3,(H,72,75). The van der Waals surface area contributed by atoms with E-state index in [2.05, 4.69) is 19.2 Å². The Labute approximate surface area is 483 Å². The Morgan fingerprint density at radius 1 is 0.312 bits per heavy atom. The van der Waals surface area contributed by atoms with Crippen LogP contribution in [0, 0.1) is 0 Å². The molecule has 0 heterocycles. The topological polar surface area (TPSA) is 95.9 Å². The third-order valence-corrected chi connectivity index (χ3v) is 17.2. The average molecular weight is 1090 g/mol. The zero-order valence-corrected chi connectivity index (χ0v) is 52.7. The van der Waals surface area contributed by atoms with Crippen LogP contribution in [0.5, 0.6) is 0 Å². The molecule has 2 unspecified atom stereocenters. The maximum Gasteiger partial charge on any atom is 0.305 e. The molecule has 0 rings (SSSR count). The number of unbranched alkanes of at least 4 members (excludes halogenated alkanes) is 57. The van der Waals surface area contributed by atoms with E-state index in [9.17, 15) is 19.8 Å². The van der Waals surface area contributed by atoms with Crippen molar-refractivity contribution in [2.45, 2.75) is 431 Å². The van der Waals surface area contributed by atoms with Gasteiger partial charge in [-0.25, -0.2) is 0 Å². The molecule has 0 saturated carbocycles. The first kappa shape index (κ1) is 75.9. The molecule has 0 aliphatic heterocycles. The molecule has 0 aliphatic carbocycles. The predicted molar refractivity (Wildman–Crippen MR) is 338 cm³/mol. The van der Waals surface area contributed by atoms with Crippen LogP contribution in [0.1, 0.15) is 418 Å². The summed E-state index contributed by atoms with van der Waals surface area (Å²) in [5.74, 6) is -0.00852. The number of aliphatic hydroxyl groups excluding tert-OH is 2. The van der Waals surface area contributed by atoms with Gasteiger partial charge in [0.1, 0.15) is 0 Å². The van der Waals surface area contributed by atoms with Crippen molar-refractivity contribution < 1.29 is 24.5 Å². The molecule has 0 aromatic rings. The maximum atomic E-state index is 12.6. The second-order valence-electron chi connectivity index (χ2n) is 24.9. The van der Waals surface area contributed by atoms with E-state index in [1.807, 2.05) is 0 Å². The molecular weight excluding hydrogens is 947 g/mol. The van der Waals surface area contributed by atoms with Crippen molar-refractivity contribution in [3.05, 3.63) is 0 Å². The van der Waals surface area contributed by atoms with Gasteiger partial charge in [-0.2, -0.15) is 0 Å². The fraction of sp³-hybridized carbons (Fsp3) is 0.972. The zero-order valence-electron chi connectivity index (χ0n) is 52.7. The second-order valence-corrected chi connectivity index (χ2v) is 24.9. The molecule has 0 aliphatic rings. The largest absolute Gasteiger partial charge is 0.466 e. The highest BCUT2D eigenvalue weighted by Crippen LogP contribution is 2.20. The smallest absolute Gasteiger partial charge is 0.305 e. The Kier molecular flexibility index (Phi) is 66.4. The number of amides is 1. The van der Waals surface area contributed by atoms with Crippen LogP contribution < -0.4 is 5.32 Å². The van der Waals surface area contributed by atoms with E-state index in [0.29, 0.717) is 25.9 Å². The molecule has 2 atom stereocenters. The van der Waals surface area contributed by atoms with Crippen LogP contribution in [0.3, 0.4) is 0 Å². The number of ether oxygens (including phenoxy) is 1. The molecule has 6 heteroatoms. The summed E-state index contributed by atoms with van der Waals surface area (Å²) < 4.78 is 5.48. The number of aliphatic hydroxyl groups is 2. The van der Waals surface area contributed by atoms with Crippen molar-refractivity contribution in [3.8, 4) is 0 Å². The first-order valence-corrected chi connectivity index (χ1v) is 35.8. The summed E-state index contributed by atoms with van der Waals surface area (Å²) >= 11 is 0. The van der Waals surface area contributed by atoms with E-state index in [4.69, 9.17) is 4.74 Å². The lowest BCUT2D eigenvalue weighted by atomic mass is 10.0. The first-order chi connectivity index (χ1) is 38.0. The second kappa shape index (κ2) is 67.4. The van der Waals surface area contributed by atoms with E-state index >= 15 is 0 Å². The SMILES string of the molecule is CCCCCCCCCCCCCCCCCCCCCCCCCC(O)C(CO)NC(=O)CCCCCCCCCCCCCCCCCCCCCCCCCCCCOC(=O)CCCCCCCCCCCCC. The lowest BCUT2D eigenvalue weighted by Crippen LogP contribution is -2.45. The summed E-state index contributed by atoms with van der Waals surface area (Å²) in [5, 5.41) is 23.4. The number of carbonyl (C=O) groups excluding carboxylic acids is 2. The number of hydrogen-bond acceptors (Lipinski definition) is 5. The summed E-state index contributed by atoms with van der Waals surface area (Å²) in [6.45, 7) is 5.00. The van der Waals surface area contributed by atoms with E-state index < -0.39 is 12.1 Å². The van der Waals surface area contributed by atoms with E-state index in [1.165, 1.54) is 347 Å². The monoisotopic (exact) mass is 1090 g/mol. The van der Waals surface area contributed by atoms with Gasteiger partial charge in [0.25, 0.3) is 0 Å². The lowest BCUT2D eigenvalue weighted by Gasteiger charge is -2.22. The molecule has 6 nitrogen and oxygen atoms in total. The van der Waals surface area contributed by atoms with Crippen LogP contribution >= 0.6 is 0 Å². The van der Waals surface area contributed by atoms with Crippen molar-refractivity contribution in [1.82, 2.24) is 5.32 Å². The normalized spacial score (nSPS) is 12.4. The number of esters is 1. The highest BCUT2D eigenvalue weighted by molar-refractivity contribution is 5.76. The Morgan fingerprint density at radius 2 is 0.532 bits per heavy atom. The number of rotatable bonds is 68.